The van der Waals surface area contributed by atoms with Crippen molar-refractivity contribution in [2.24, 2.45) is 0 Å². The molecule has 2 atom stereocenters. The summed E-state index contributed by atoms with van der Waals surface area (Å²) >= 11 is 25.5. The summed E-state index contributed by atoms with van der Waals surface area (Å²) in [6.07, 6.45) is 3.68. The molecule has 34 heavy (non-hydrogen) atoms. The summed E-state index contributed by atoms with van der Waals surface area (Å²) in [6, 6.07) is 19.5. The highest BCUT2D eigenvalue weighted by atomic mass is 35.5. The van der Waals surface area contributed by atoms with Crippen molar-refractivity contribution in [1.82, 2.24) is 9.80 Å². The summed E-state index contributed by atoms with van der Waals surface area (Å²) in [7, 11) is 0. The highest BCUT2D eigenvalue weighted by Gasteiger charge is 2.29. The van der Waals surface area contributed by atoms with Gasteiger partial charge in [0.25, 0.3) is 0 Å². The molecule has 1 aliphatic heterocycles. The number of alkyl halides is 1. The van der Waals surface area contributed by atoms with Crippen LogP contribution >= 0.6 is 46.4 Å². The largest absolute Gasteiger partial charge is 0.365 e. The van der Waals surface area contributed by atoms with Crippen LogP contribution in [0.25, 0.3) is 0 Å². The first-order valence-electron chi connectivity index (χ1n) is 11.0. The molecule has 3 nitrogen and oxygen atoms in total. The van der Waals surface area contributed by atoms with Crippen LogP contribution in [0.1, 0.15) is 33.9 Å². The maximum atomic E-state index is 7.01. The molecule has 1 heterocycles. The predicted molar refractivity (Wildman–Crippen MR) is 142 cm³/mol. The number of benzene rings is 3. The van der Waals surface area contributed by atoms with E-state index in [2.05, 4.69) is 48.0 Å². The van der Waals surface area contributed by atoms with E-state index in [1.807, 2.05) is 36.5 Å². The fourth-order valence-electron chi connectivity index (χ4n) is 3.86. The molecule has 7 heteroatoms. The van der Waals surface area contributed by atoms with Crippen LogP contribution in [0.4, 0.5) is 0 Å². The van der Waals surface area contributed by atoms with Crippen LogP contribution in [-0.4, -0.2) is 22.0 Å². The van der Waals surface area contributed by atoms with E-state index >= 15 is 0 Å². The van der Waals surface area contributed by atoms with Gasteiger partial charge in [-0.1, -0.05) is 82.8 Å². The molecule has 0 radical (unpaired) electrons. The Hall–Kier alpha value is -1.88. The Labute approximate surface area is 221 Å². The topological polar surface area (TPSA) is 15.7 Å². The first-order valence-corrected chi connectivity index (χ1v) is 12.6. The molecule has 0 aliphatic carbocycles. The van der Waals surface area contributed by atoms with E-state index in [9.17, 15) is 0 Å². The first kappa shape index (κ1) is 25.2. The minimum absolute atomic E-state index is 0.302. The molecule has 3 aromatic rings. The third kappa shape index (κ3) is 6.21. The Morgan fingerprint density at radius 2 is 1.59 bits per heavy atom. The van der Waals surface area contributed by atoms with E-state index in [-0.39, 0.29) is 0 Å². The molecule has 4 rings (SSSR count). The highest BCUT2D eigenvalue weighted by Crippen LogP contribution is 2.33. The number of ether oxygens (including phenoxy) is 1. The lowest BCUT2D eigenvalue weighted by molar-refractivity contribution is 0.00658. The van der Waals surface area contributed by atoms with Gasteiger partial charge in [-0.05, 0) is 65.9 Å². The molecular weight excluding hydrogens is 510 g/mol. The molecule has 0 bridgehead atoms. The maximum Gasteiger partial charge on any atom is 0.135 e. The summed E-state index contributed by atoms with van der Waals surface area (Å²) in [6.45, 7) is 6.04. The number of rotatable bonds is 8. The molecule has 0 fully saturated rings. The SMILES string of the molecule is Cc1ccc(CN2C=CN(C(Cl)C(OCc3ccc(Cl)cc3Cl)c3ccc(Cl)cc3)C2)cc1C. The number of hydrogen-bond donors (Lipinski definition) is 0. The van der Waals surface area contributed by atoms with Gasteiger partial charge < -0.3 is 14.5 Å². The summed E-state index contributed by atoms with van der Waals surface area (Å²) in [5.41, 5.74) is 5.21. The van der Waals surface area contributed by atoms with Crippen molar-refractivity contribution in [3.8, 4) is 0 Å². The maximum absolute atomic E-state index is 7.01. The standard InChI is InChI=1S/C27H26Cl4N2O/c1-18-3-4-20(13-19(18)2)15-32-11-12-33(17-32)27(31)26(21-5-8-23(28)9-6-21)34-16-22-7-10-24(29)14-25(22)30/h3-14,26-27H,15-17H2,1-2H3. The Kier molecular flexibility index (Phi) is 8.34. The quantitative estimate of drug-likeness (QED) is 0.213. The highest BCUT2D eigenvalue weighted by molar-refractivity contribution is 6.35. The van der Waals surface area contributed by atoms with Crippen LogP contribution in [0.2, 0.25) is 15.1 Å². The summed E-state index contributed by atoms with van der Waals surface area (Å²) < 4.78 is 6.33. The van der Waals surface area contributed by atoms with Gasteiger partial charge >= 0.3 is 0 Å². The van der Waals surface area contributed by atoms with Crippen molar-refractivity contribution in [1.29, 1.82) is 0 Å². The van der Waals surface area contributed by atoms with Gasteiger partial charge in [0, 0.05) is 34.0 Å². The van der Waals surface area contributed by atoms with Gasteiger partial charge in [0.15, 0.2) is 0 Å². The minimum atomic E-state index is -0.437. The third-order valence-electron chi connectivity index (χ3n) is 5.97. The minimum Gasteiger partial charge on any atom is -0.365 e. The zero-order valence-corrected chi connectivity index (χ0v) is 22.0. The van der Waals surface area contributed by atoms with Gasteiger partial charge in [-0.25, -0.2) is 0 Å². The van der Waals surface area contributed by atoms with Crippen molar-refractivity contribution in [3.63, 3.8) is 0 Å². The van der Waals surface area contributed by atoms with Crippen molar-refractivity contribution >= 4 is 46.4 Å². The Balaban J connectivity index is 1.47. The van der Waals surface area contributed by atoms with Gasteiger partial charge in [-0.15, -0.1) is 0 Å². The van der Waals surface area contributed by atoms with E-state index in [1.165, 1.54) is 16.7 Å². The molecule has 0 amide bonds. The molecule has 0 N–H and O–H groups in total. The summed E-state index contributed by atoms with van der Waals surface area (Å²) in [5, 5.41) is 1.81. The van der Waals surface area contributed by atoms with Crippen LogP contribution < -0.4 is 0 Å². The van der Waals surface area contributed by atoms with E-state index in [1.54, 1.807) is 12.1 Å². The van der Waals surface area contributed by atoms with Crippen molar-refractivity contribution < 1.29 is 4.74 Å². The molecule has 0 saturated heterocycles. The lowest BCUT2D eigenvalue weighted by atomic mass is 10.1. The normalized spacial score (nSPS) is 15.1. The zero-order valence-electron chi connectivity index (χ0n) is 19.0. The lowest BCUT2D eigenvalue weighted by Crippen LogP contribution is -2.35. The van der Waals surface area contributed by atoms with Crippen LogP contribution in [0.3, 0.4) is 0 Å². The van der Waals surface area contributed by atoms with Crippen molar-refractivity contribution in [2.75, 3.05) is 6.67 Å². The van der Waals surface area contributed by atoms with E-state index in [0.29, 0.717) is 28.3 Å². The second-order valence-corrected chi connectivity index (χ2v) is 10.2. The van der Waals surface area contributed by atoms with E-state index in [4.69, 9.17) is 51.1 Å². The van der Waals surface area contributed by atoms with E-state index < -0.39 is 11.6 Å². The van der Waals surface area contributed by atoms with Gasteiger partial charge in [0.2, 0.25) is 0 Å². The van der Waals surface area contributed by atoms with E-state index in [0.717, 1.165) is 17.7 Å². The zero-order chi connectivity index (χ0) is 24.2. The summed E-state index contributed by atoms with van der Waals surface area (Å²) in [4.78, 5) is 4.31. The van der Waals surface area contributed by atoms with Crippen LogP contribution in [-0.2, 0) is 17.9 Å². The van der Waals surface area contributed by atoms with Crippen LogP contribution in [0, 0.1) is 13.8 Å². The van der Waals surface area contributed by atoms with Gasteiger partial charge in [0.05, 0.1) is 13.3 Å². The molecule has 178 valence electrons. The predicted octanol–water partition coefficient (Wildman–Crippen LogP) is 8.33. The lowest BCUT2D eigenvalue weighted by Gasteiger charge is -2.32. The monoisotopic (exact) mass is 534 g/mol. The smallest absolute Gasteiger partial charge is 0.135 e. The first-order chi connectivity index (χ1) is 16.3. The average Bonchev–Trinajstić information content (AvgIpc) is 3.27. The number of aryl methyl sites for hydroxylation is 2. The molecule has 0 aromatic heterocycles. The number of hydrogen-bond acceptors (Lipinski definition) is 3. The molecule has 1 aliphatic rings. The average molecular weight is 536 g/mol. The number of nitrogens with zero attached hydrogens (tertiary/aromatic N) is 2. The summed E-state index contributed by atoms with van der Waals surface area (Å²) in [5.74, 6) is 0. The van der Waals surface area contributed by atoms with Crippen LogP contribution in [0.5, 0.6) is 0 Å². The van der Waals surface area contributed by atoms with Gasteiger partial charge in [0.1, 0.15) is 11.6 Å². The van der Waals surface area contributed by atoms with Crippen molar-refractivity contribution in [3.05, 3.63) is 116 Å². The van der Waals surface area contributed by atoms with Crippen LogP contribution in [0.15, 0.2) is 73.1 Å². The fraction of sp³-hybridized carbons (Fsp3) is 0.259. The molecule has 2 unspecified atom stereocenters. The molecule has 3 aromatic carbocycles. The van der Waals surface area contributed by atoms with Crippen molar-refractivity contribution in [2.45, 2.75) is 38.6 Å². The molecular formula is C27H26Cl4N2O. The molecule has 0 spiro atoms. The second kappa shape index (κ2) is 11.2. The fourth-order valence-corrected chi connectivity index (χ4v) is 4.80. The second-order valence-electron chi connectivity index (χ2n) is 8.51. The van der Waals surface area contributed by atoms with Gasteiger partial charge in [-0.3, -0.25) is 0 Å². The van der Waals surface area contributed by atoms with Gasteiger partial charge in [-0.2, -0.15) is 0 Å². The molecule has 0 saturated carbocycles. The Morgan fingerprint density at radius 3 is 2.29 bits per heavy atom. The Morgan fingerprint density at radius 1 is 0.853 bits per heavy atom. The third-order valence-corrected chi connectivity index (χ3v) is 7.29. The number of halogens is 4. The Bertz CT molecular complexity index is 1170.